The predicted molar refractivity (Wildman–Crippen MR) is 118 cm³/mol. The third-order valence-electron chi connectivity index (χ3n) is 4.52. The fraction of sp³-hybridized carbons (Fsp3) is 0.381. The summed E-state index contributed by atoms with van der Waals surface area (Å²) in [5.74, 6) is 0.332. The summed E-state index contributed by atoms with van der Waals surface area (Å²) in [6.45, 7) is 5.11. The molecule has 0 unspecified atom stereocenters. The molecule has 0 bridgehead atoms. The molecule has 0 spiro atoms. The van der Waals surface area contributed by atoms with Gasteiger partial charge < -0.3 is 15.8 Å². The van der Waals surface area contributed by atoms with Gasteiger partial charge in [0, 0.05) is 19.3 Å². The lowest BCUT2D eigenvalue weighted by atomic mass is 10.0. The Labute approximate surface area is 173 Å². The maximum Gasteiger partial charge on any atom is 0.240 e. The van der Waals surface area contributed by atoms with Gasteiger partial charge >= 0.3 is 0 Å². The SMILES string of the molecule is CCc1cccc(CC)c1NC(N)=NCc1ccc(S(=O)(=O)NCCOC)cc1. The number of methoxy groups -OCH3 is 1. The molecule has 2 aromatic rings. The average Bonchev–Trinajstić information content (AvgIpc) is 2.72. The van der Waals surface area contributed by atoms with E-state index in [-0.39, 0.29) is 11.4 Å². The summed E-state index contributed by atoms with van der Waals surface area (Å²) in [5, 5.41) is 3.23. The molecule has 0 aliphatic heterocycles. The number of nitrogens with zero attached hydrogens (tertiary/aromatic N) is 1. The van der Waals surface area contributed by atoms with E-state index in [4.69, 9.17) is 10.5 Å². The van der Waals surface area contributed by atoms with Gasteiger partial charge in [0.2, 0.25) is 10.0 Å². The maximum atomic E-state index is 12.2. The molecule has 0 aliphatic rings. The van der Waals surface area contributed by atoms with Crippen molar-refractivity contribution < 1.29 is 13.2 Å². The van der Waals surface area contributed by atoms with Gasteiger partial charge in [0.05, 0.1) is 18.0 Å². The molecule has 4 N–H and O–H groups in total. The quantitative estimate of drug-likeness (QED) is 0.312. The number of anilines is 1. The number of nitrogens with one attached hydrogen (secondary N) is 2. The van der Waals surface area contributed by atoms with Crippen molar-refractivity contribution in [1.29, 1.82) is 0 Å². The van der Waals surface area contributed by atoms with Crippen LogP contribution >= 0.6 is 0 Å². The topological polar surface area (TPSA) is 106 Å². The number of para-hydroxylation sites is 1. The molecule has 2 rings (SSSR count). The molecule has 0 atom stereocenters. The summed E-state index contributed by atoms with van der Waals surface area (Å²) >= 11 is 0. The lowest BCUT2D eigenvalue weighted by Crippen LogP contribution is -2.27. The molecule has 0 radical (unpaired) electrons. The van der Waals surface area contributed by atoms with Crippen molar-refractivity contribution in [3.8, 4) is 0 Å². The minimum atomic E-state index is -3.54. The van der Waals surface area contributed by atoms with Crippen LogP contribution in [0.4, 0.5) is 5.69 Å². The van der Waals surface area contributed by atoms with Crippen LogP contribution in [0.5, 0.6) is 0 Å². The van der Waals surface area contributed by atoms with E-state index in [0.29, 0.717) is 19.1 Å². The van der Waals surface area contributed by atoms with Gasteiger partial charge in [-0.1, -0.05) is 44.2 Å². The summed E-state index contributed by atoms with van der Waals surface area (Å²) in [4.78, 5) is 4.60. The van der Waals surface area contributed by atoms with Crippen LogP contribution in [-0.2, 0) is 34.1 Å². The Kier molecular flexibility index (Phi) is 8.63. The molecule has 0 aromatic heterocycles. The Balaban J connectivity index is 2.05. The third-order valence-corrected chi connectivity index (χ3v) is 5.99. The average molecular weight is 419 g/mol. The molecular weight excluding hydrogens is 388 g/mol. The molecule has 0 aliphatic carbocycles. The number of guanidine groups is 1. The van der Waals surface area contributed by atoms with E-state index in [1.807, 2.05) is 0 Å². The van der Waals surface area contributed by atoms with Gasteiger partial charge in [-0.2, -0.15) is 0 Å². The molecule has 158 valence electrons. The predicted octanol–water partition coefficient (Wildman–Crippen LogP) is 2.66. The normalized spacial score (nSPS) is 12.2. The molecule has 0 heterocycles. The highest BCUT2D eigenvalue weighted by atomic mass is 32.2. The Morgan fingerprint density at radius 1 is 1.07 bits per heavy atom. The second-order valence-electron chi connectivity index (χ2n) is 6.52. The van der Waals surface area contributed by atoms with Crippen LogP contribution in [0.2, 0.25) is 0 Å². The summed E-state index contributed by atoms with van der Waals surface area (Å²) in [6.07, 6.45) is 1.80. The molecular formula is C21H30N4O3S. The summed E-state index contributed by atoms with van der Waals surface area (Å²) in [7, 11) is -2.02. The zero-order valence-electron chi connectivity index (χ0n) is 17.2. The number of nitrogens with two attached hydrogens (primary N) is 1. The van der Waals surface area contributed by atoms with Crippen LogP contribution in [0.3, 0.4) is 0 Å². The fourth-order valence-electron chi connectivity index (χ4n) is 2.88. The molecule has 0 saturated heterocycles. The fourth-order valence-corrected chi connectivity index (χ4v) is 3.90. The van der Waals surface area contributed by atoms with Crippen LogP contribution in [0.1, 0.15) is 30.5 Å². The summed E-state index contributed by atoms with van der Waals surface area (Å²) in [6, 6.07) is 12.8. The number of ether oxygens (including phenoxy) is 1. The van der Waals surface area contributed by atoms with Crippen LogP contribution in [0.25, 0.3) is 0 Å². The third kappa shape index (κ3) is 6.56. The van der Waals surface area contributed by atoms with Gasteiger partial charge in [0.25, 0.3) is 0 Å². The monoisotopic (exact) mass is 418 g/mol. The summed E-state index contributed by atoms with van der Waals surface area (Å²) in [5.41, 5.74) is 10.4. The number of rotatable bonds is 10. The van der Waals surface area contributed by atoms with Gasteiger partial charge in [0.15, 0.2) is 5.96 Å². The van der Waals surface area contributed by atoms with Crippen LogP contribution in [0.15, 0.2) is 52.4 Å². The number of aryl methyl sites for hydroxylation is 2. The van der Waals surface area contributed by atoms with Crippen molar-refractivity contribution in [2.75, 3.05) is 25.6 Å². The number of benzene rings is 2. The van der Waals surface area contributed by atoms with E-state index >= 15 is 0 Å². The highest BCUT2D eigenvalue weighted by Crippen LogP contribution is 2.22. The smallest absolute Gasteiger partial charge is 0.240 e. The number of sulfonamides is 1. The van der Waals surface area contributed by atoms with E-state index in [2.05, 4.69) is 47.1 Å². The van der Waals surface area contributed by atoms with Gasteiger partial charge in [-0.15, -0.1) is 0 Å². The van der Waals surface area contributed by atoms with E-state index in [1.165, 1.54) is 18.2 Å². The number of hydrogen-bond acceptors (Lipinski definition) is 4. The molecule has 2 aromatic carbocycles. The minimum absolute atomic E-state index is 0.205. The largest absolute Gasteiger partial charge is 0.383 e. The van der Waals surface area contributed by atoms with Crippen molar-refractivity contribution in [3.63, 3.8) is 0 Å². The Morgan fingerprint density at radius 3 is 2.24 bits per heavy atom. The minimum Gasteiger partial charge on any atom is -0.383 e. The highest BCUT2D eigenvalue weighted by molar-refractivity contribution is 7.89. The number of aliphatic imine (C=N–C) groups is 1. The molecule has 0 fully saturated rings. The maximum absolute atomic E-state index is 12.2. The second-order valence-corrected chi connectivity index (χ2v) is 8.29. The second kappa shape index (κ2) is 10.9. The lowest BCUT2D eigenvalue weighted by Gasteiger charge is -2.14. The van der Waals surface area contributed by atoms with Crippen molar-refractivity contribution in [2.24, 2.45) is 10.7 Å². The lowest BCUT2D eigenvalue weighted by molar-refractivity contribution is 0.204. The van der Waals surface area contributed by atoms with Crippen molar-refractivity contribution >= 4 is 21.7 Å². The van der Waals surface area contributed by atoms with Crippen molar-refractivity contribution in [3.05, 3.63) is 59.2 Å². The van der Waals surface area contributed by atoms with Crippen LogP contribution < -0.4 is 15.8 Å². The zero-order chi connectivity index (χ0) is 21.3. The van der Waals surface area contributed by atoms with E-state index in [1.54, 1.807) is 24.3 Å². The van der Waals surface area contributed by atoms with E-state index in [0.717, 1.165) is 24.1 Å². The first kappa shape index (κ1) is 22.9. The van der Waals surface area contributed by atoms with Gasteiger partial charge in [0.1, 0.15) is 0 Å². The Bertz CT molecular complexity index is 903. The van der Waals surface area contributed by atoms with E-state index < -0.39 is 10.0 Å². The Hall–Kier alpha value is -2.42. The number of hydrogen-bond donors (Lipinski definition) is 3. The van der Waals surface area contributed by atoms with Crippen LogP contribution in [0, 0.1) is 0 Å². The zero-order valence-corrected chi connectivity index (χ0v) is 18.1. The molecule has 8 heteroatoms. The highest BCUT2D eigenvalue weighted by Gasteiger charge is 2.13. The van der Waals surface area contributed by atoms with Gasteiger partial charge in [-0.25, -0.2) is 18.1 Å². The standard InChI is InChI=1S/C21H30N4O3S/c1-4-17-7-6-8-18(5-2)20(17)25-21(22)23-15-16-9-11-19(12-10-16)29(26,27)24-13-14-28-3/h6-12,24H,4-5,13-15H2,1-3H3,(H3,22,23,25). The first-order valence-corrected chi connectivity index (χ1v) is 11.1. The summed E-state index contributed by atoms with van der Waals surface area (Å²) < 4.78 is 31.7. The Morgan fingerprint density at radius 2 is 1.69 bits per heavy atom. The van der Waals surface area contributed by atoms with E-state index in [9.17, 15) is 8.42 Å². The molecule has 0 saturated carbocycles. The molecule has 0 amide bonds. The van der Waals surface area contributed by atoms with Crippen LogP contribution in [-0.4, -0.2) is 34.6 Å². The van der Waals surface area contributed by atoms with Gasteiger partial charge in [-0.05, 0) is 41.7 Å². The van der Waals surface area contributed by atoms with Crippen molar-refractivity contribution in [2.45, 2.75) is 38.1 Å². The first-order chi connectivity index (χ1) is 13.9. The van der Waals surface area contributed by atoms with Gasteiger partial charge in [-0.3, -0.25) is 0 Å². The first-order valence-electron chi connectivity index (χ1n) is 9.66. The molecule has 29 heavy (non-hydrogen) atoms. The van der Waals surface area contributed by atoms with Crippen molar-refractivity contribution in [1.82, 2.24) is 4.72 Å². The molecule has 7 nitrogen and oxygen atoms in total.